The zero-order chi connectivity index (χ0) is 19.8. The quantitative estimate of drug-likeness (QED) is 0.461. The Hall–Kier alpha value is -3.34. The van der Waals surface area contributed by atoms with Crippen LogP contribution in [0.15, 0.2) is 66.7 Å². The van der Waals surface area contributed by atoms with Gasteiger partial charge in [-0.15, -0.1) is 0 Å². The number of anilines is 1. The van der Waals surface area contributed by atoms with Gasteiger partial charge in [0.25, 0.3) is 0 Å². The first-order valence-corrected chi connectivity index (χ1v) is 9.51. The van der Waals surface area contributed by atoms with Crippen LogP contribution < -0.4 is 10.6 Å². The smallest absolute Gasteiger partial charge is 0.244 e. The lowest BCUT2D eigenvalue weighted by atomic mass is 10.2. The highest BCUT2D eigenvalue weighted by atomic mass is 16.1. The van der Waals surface area contributed by atoms with E-state index in [1.165, 1.54) is 0 Å². The van der Waals surface area contributed by atoms with E-state index < -0.39 is 0 Å². The van der Waals surface area contributed by atoms with Crippen molar-refractivity contribution in [1.82, 2.24) is 15.1 Å². The second-order valence-electron chi connectivity index (χ2n) is 6.60. The molecule has 0 bridgehead atoms. The molecule has 3 aromatic rings. The molecule has 0 saturated carbocycles. The predicted molar refractivity (Wildman–Crippen MR) is 115 cm³/mol. The number of rotatable bonds is 8. The Labute approximate surface area is 166 Å². The minimum absolute atomic E-state index is 0.0917. The van der Waals surface area contributed by atoms with E-state index in [0.717, 1.165) is 41.3 Å². The Bertz CT molecular complexity index is 930. The maximum Gasteiger partial charge on any atom is 0.244 e. The highest BCUT2D eigenvalue weighted by Crippen LogP contribution is 2.19. The summed E-state index contributed by atoms with van der Waals surface area (Å²) in [6.45, 7) is 5.42. The van der Waals surface area contributed by atoms with Gasteiger partial charge in [0.05, 0.1) is 11.4 Å². The summed E-state index contributed by atoms with van der Waals surface area (Å²) in [4.78, 5) is 12.1. The van der Waals surface area contributed by atoms with Crippen molar-refractivity contribution in [3.63, 3.8) is 0 Å². The standard InChI is InChI=1S/C23H26N4O/c1-18-22(19(2)27(26-18)21-12-7-4-8-13-21)14-15-23(28)25-17-9-16-24-20-10-5-3-6-11-20/h3-8,10-15,24H,9,16-17H2,1-2H3,(H,25,28)/b15-14+. The van der Waals surface area contributed by atoms with Crippen molar-refractivity contribution in [3.05, 3.63) is 83.7 Å². The summed E-state index contributed by atoms with van der Waals surface area (Å²) in [7, 11) is 0. The lowest BCUT2D eigenvalue weighted by Gasteiger charge is -2.06. The van der Waals surface area contributed by atoms with Gasteiger partial charge in [-0.3, -0.25) is 4.79 Å². The van der Waals surface area contributed by atoms with Crippen LogP contribution in [0.4, 0.5) is 5.69 Å². The number of amides is 1. The first-order chi connectivity index (χ1) is 13.6. The molecule has 0 radical (unpaired) electrons. The Morgan fingerprint density at radius 1 is 1.00 bits per heavy atom. The second-order valence-corrected chi connectivity index (χ2v) is 6.60. The fourth-order valence-corrected chi connectivity index (χ4v) is 3.02. The van der Waals surface area contributed by atoms with Crippen molar-refractivity contribution >= 4 is 17.7 Å². The van der Waals surface area contributed by atoms with Crippen LogP contribution in [-0.4, -0.2) is 28.8 Å². The molecule has 0 unspecified atom stereocenters. The van der Waals surface area contributed by atoms with E-state index in [4.69, 9.17) is 0 Å². The number of carbonyl (C=O) groups excluding carboxylic acids is 1. The highest BCUT2D eigenvalue weighted by molar-refractivity contribution is 5.92. The third-order valence-corrected chi connectivity index (χ3v) is 4.51. The largest absolute Gasteiger partial charge is 0.385 e. The molecule has 2 aromatic carbocycles. The first kappa shape index (κ1) is 19.4. The monoisotopic (exact) mass is 374 g/mol. The molecule has 144 valence electrons. The number of aromatic nitrogens is 2. The third-order valence-electron chi connectivity index (χ3n) is 4.51. The van der Waals surface area contributed by atoms with Crippen molar-refractivity contribution in [2.24, 2.45) is 0 Å². The first-order valence-electron chi connectivity index (χ1n) is 9.51. The number of aryl methyl sites for hydroxylation is 1. The van der Waals surface area contributed by atoms with Crippen molar-refractivity contribution in [2.75, 3.05) is 18.4 Å². The SMILES string of the molecule is Cc1nn(-c2ccccc2)c(C)c1/C=C/C(=O)NCCCNc1ccccc1. The molecule has 5 heteroatoms. The van der Waals surface area contributed by atoms with Crippen LogP contribution in [0.1, 0.15) is 23.4 Å². The second kappa shape index (κ2) is 9.55. The Morgan fingerprint density at radius 2 is 1.68 bits per heavy atom. The molecule has 2 N–H and O–H groups in total. The summed E-state index contributed by atoms with van der Waals surface area (Å²) in [5.74, 6) is -0.0917. The van der Waals surface area contributed by atoms with Crippen LogP contribution in [0, 0.1) is 13.8 Å². The molecular formula is C23H26N4O. The summed E-state index contributed by atoms with van der Waals surface area (Å²) >= 11 is 0. The summed E-state index contributed by atoms with van der Waals surface area (Å²) < 4.78 is 1.90. The molecule has 28 heavy (non-hydrogen) atoms. The van der Waals surface area contributed by atoms with Gasteiger partial charge >= 0.3 is 0 Å². The van der Waals surface area contributed by atoms with Crippen LogP contribution in [0.3, 0.4) is 0 Å². The van der Waals surface area contributed by atoms with Crippen LogP contribution in [-0.2, 0) is 4.79 Å². The molecule has 5 nitrogen and oxygen atoms in total. The normalized spacial score (nSPS) is 10.9. The number of nitrogens with zero attached hydrogens (tertiary/aromatic N) is 2. The van der Waals surface area contributed by atoms with Gasteiger partial charge in [0, 0.05) is 36.1 Å². The fourth-order valence-electron chi connectivity index (χ4n) is 3.02. The molecule has 1 aromatic heterocycles. The number of hydrogen-bond donors (Lipinski definition) is 2. The summed E-state index contributed by atoms with van der Waals surface area (Å²) in [6.07, 6.45) is 4.28. The zero-order valence-corrected chi connectivity index (χ0v) is 16.4. The molecule has 3 rings (SSSR count). The minimum Gasteiger partial charge on any atom is -0.385 e. The summed E-state index contributed by atoms with van der Waals surface area (Å²) in [5, 5.41) is 10.9. The third kappa shape index (κ3) is 5.10. The van der Waals surface area contributed by atoms with Gasteiger partial charge in [0.2, 0.25) is 5.91 Å². The van der Waals surface area contributed by atoms with Gasteiger partial charge in [0.1, 0.15) is 0 Å². The van der Waals surface area contributed by atoms with Crippen LogP contribution in [0.5, 0.6) is 0 Å². The van der Waals surface area contributed by atoms with Gasteiger partial charge < -0.3 is 10.6 Å². The molecule has 1 amide bonds. The van der Waals surface area contributed by atoms with Gasteiger partial charge in [0.15, 0.2) is 0 Å². The number of nitrogens with one attached hydrogen (secondary N) is 2. The average Bonchev–Trinajstić information content (AvgIpc) is 3.01. The van der Waals surface area contributed by atoms with Crippen LogP contribution in [0.25, 0.3) is 11.8 Å². The van der Waals surface area contributed by atoms with Crippen molar-refractivity contribution < 1.29 is 4.79 Å². The Balaban J connectivity index is 1.50. The van der Waals surface area contributed by atoms with E-state index in [-0.39, 0.29) is 5.91 Å². The van der Waals surface area contributed by atoms with E-state index in [0.29, 0.717) is 6.54 Å². The maximum atomic E-state index is 12.1. The molecule has 0 aliphatic heterocycles. The number of hydrogen-bond acceptors (Lipinski definition) is 3. The van der Waals surface area contributed by atoms with E-state index >= 15 is 0 Å². The van der Waals surface area contributed by atoms with E-state index in [1.54, 1.807) is 6.08 Å². The Morgan fingerprint density at radius 3 is 2.39 bits per heavy atom. The van der Waals surface area contributed by atoms with Crippen molar-refractivity contribution in [2.45, 2.75) is 20.3 Å². The lowest BCUT2D eigenvalue weighted by Crippen LogP contribution is -2.23. The summed E-state index contributed by atoms with van der Waals surface area (Å²) in [5.41, 5.74) is 5.00. The lowest BCUT2D eigenvalue weighted by molar-refractivity contribution is -0.116. The Kier molecular flexibility index (Phi) is 6.63. The molecule has 0 aliphatic carbocycles. The van der Waals surface area contributed by atoms with Gasteiger partial charge in [-0.25, -0.2) is 4.68 Å². The van der Waals surface area contributed by atoms with Gasteiger partial charge in [-0.05, 0) is 50.6 Å². The molecule has 0 aliphatic rings. The van der Waals surface area contributed by atoms with E-state index in [2.05, 4.69) is 15.7 Å². The maximum absolute atomic E-state index is 12.1. The fraction of sp³-hybridized carbons (Fsp3) is 0.217. The number of carbonyl (C=O) groups is 1. The number of benzene rings is 2. The average molecular weight is 374 g/mol. The van der Waals surface area contributed by atoms with E-state index in [9.17, 15) is 4.79 Å². The molecule has 0 saturated heterocycles. The van der Waals surface area contributed by atoms with Crippen LogP contribution >= 0.6 is 0 Å². The molecular weight excluding hydrogens is 348 g/mol. The van der Waals surface area contributed by atoms with Gasteiger partial charge in [-0.1, -0.05) is 36.4 Å². The predicted octanol–water partition coefficient (Wildman–Crippen LogP) is 4.12. The molecule has 1 heterocycles. The van der Waals surface area contributed by atoms with Crippen molar-refractivity contribution in [1.29, 1.82) is 0 Å². The van der Waals surface area contributed by atoms with Crippen LogP contribution in [0.2, 0.25) is 0 Å². The topological polar surface area (TPSA) is 59.0 Å². The van der Waals surface area contributed by atoms with E-state index in [1.807, 2.05) is 85.3 Å². The molecule has 0 atom stereocenters. The molecule has 0 fully saturated rings. The molecule has 0 spiro atoms. The zero-order valence-electron chi connectivity index (χ0n) is 16.4. The minimum atomic E-state index is -0.0917. The summed E-state index contributed by atoms with van der Waals surface area (Å²) in [6, 6.07) is 20.0. The van der Waals surface area contributed by atoms with Gasteiger partial charge in [-0.2, -0.15) is 5.10 Å². The van der Waals surface area contributed by atoms with Crippen molar-refractivity contribution in [3.8, 4) is 5.69 Å². The number of para-hydroxylation sites is 2. The highest BCUT2D eigenvalue weighted by Gasteiger charge is 2.10.